The van der Waals surface area contributed by atoms with Crippen LogP contribution in [0.25, 0.3) is 10.6 Å². The van der Waals surface area contributed by atoms with Crippen LogP contribution in [0.5, 0.6) is 0 Å². The highest BCUT2D eigenvalue weighted by atomic mass is 79.9. The number of nitrogens with zero attached hydrogens (tertiary/aromatic N) is 1. The minimum atomic E-state index is -4.58. The molecule has 0 radical (unpaired) electrons. The Kier molecular flexibility index (Phi) is 3.74. The zero-order chi connectivity index (χ0) is 15.1. The molecule has 0 unspecified atom stereocenters. The molecule has 1 aromatic heterocycles. The first kappa shape index (κ1) is 14.8. The molecule has 0 saturated heterocycles. The van der Waals surface area contributed by atoms with Crippen LogP contribution in [0.15, 0.2) is 22.7 Å². The molecule has 0 aliphatic heterocycles. The van der Waals surface area contributed by atoms with E-state index in [0.29, 0.717) is 11.3 Å². The van der Waals surface area contributed by atoms with E-state index in [2.05, 4.69) is 20.9 Å². The molecule has 0 bridgehead atoms. The summed E-state index contributed by atoms with van der Waals surface area (Å²) in [5, 5.41) is 8.61. The Bertz CT molecular complexity index is 685. The van der Waals surface area contributed by atoms with Crippen molar-refractivity contribution in [2.24, 2.45) is 0 Å². The van der Waals surface area contributed by atoms with Crippen molar-refractivity contribution < 1.29 is 23.1 Å². The summed E-state index contributed by atoms with van der Waals surface area (Å²) in [4.78, 5) is 14.5. The summed E-state index contributed by atoms with van der Waals surface area (Å²) in [7, 11) is 0. The lowest BCUT2D eigenvalue weighted by Crippen LogP contribution is -2.07. The second-order valence-corrected chi connectivity index (χ2v) is 5.67. The third kappa shape index (κ3) is 2.78. The van der Waals surface area contributed by atoms with Gasteiger partial charge in [0.15, 0.2) is 5.69 Å². The fraction of sp³-hybridized carbons (Fsp3) is 0.0909. The largest absolute Gasteiger partial charge is 0.476 e. The Labute approximate surface area is 123 Å². The SMILES string of the molecule is Nc1sc(-c2ccc(Br)cc2C(F)(F)F)nc1C(=O)O. The average molecular weight is 367 g/mol. The standard InChI is InChI=1S/C11H6BrF3N2O2S/c12-4-1-2-5(6(3-4)11(13,14)15)9-17-7(10(18)19)8(16)20-9/h1-3H,16H2,(H,18,19). The molecule has 2 aromatic rings. The Morgan fingerprint density at radius 2 is 2.05 bits per heavy atom. The summed E-state index contributed by atoms with van der Waals surface area (Å²) in [6, 6.07) is 3.55. The third-order valence-electron chi connectivity index (χ3n) is 2.37. The summed E-state index contributed by atoms with van der Waals surface area (Å²) in [6.45, 7) is 0. The van der Waals surface area contributed by atoms with Gasteiger partial charge in [0.25, 0.3) is 0 Å². The molecule has 0 saturated carbocycles. The Balaban J connectivity index is 2.64. The fourth-order valence-corrected chi connectivity index (χ4v) is 2.76. The molecule has 0 fully saturated rings. The number of alkyl halides is 3. The molecule has 0 aliphatic carbocycles. The second kappa shape index (κ2) is 5.06. The van der Waals surface area contributed by atoms with Crippen LogP contribution in [-0.4, -0.2) is 16.1 Å². The van der Waals surface area contributed by atoms with Crippen molar-refractivity contribution in [2.45, 2.75) is 6.18 Å². The van der Waals surface area contributed by atoms with E-state index in [1.807, 2.05) is 0 Å². The maximum absolute atomic E-state index is 13.0. The number of rotatable bonds is 2. The van der Waals surface area contributed by atoms with Gasteiger partial charge in [0.05, 0.1) is 5.56 Å². The van der Waals surface area contributed by atoms with Gasteiger partial charge in [-0.25, -0.2) is 9.78 Å². The number of nitrogen functional groups attached to an aromatic ring is 1. The molecule has 1 heterocycles. The number of carboxylic acid groups (broad SMARTS) is 1. The highest BCUT2D eigenvalue weighted by Crippen LogP contribution is 2.40. The highest BCUT2D eigenvalue weighted by Gasteiger charge is 2.35. The van der Waals surface area contributed by atoms with Gasteiger partial charge in [-0.2, -0.15) is 13.2 Å². The molecule has 1 aromatic carbocycles. The van der Waals surface area contributed by atoms with Crippen LogP contribution in [0, 0.1) is 0 Å². The van der Waals surface area contributed by atoms with E-state index in [-0.39, 0.29) is 20.0 Å². The van der Waals surface area contributed by atoms with Gasteiger partial charge in [0.1, 0.15) is 10.0 Å². The molecule has 0 aliphatic rings. The number of hydrogen-bond donors (Lipinski definition) is 2. The van der Waals surface area contributed by atoms with Crippen LogP contribution >= 0.6 is 27.3 Å². The van der Waals surface area contributed by atoms with E-state index in [1.54, 1.807) is 0 Å². The van der Waals surface area contributed by atoms with Gasteiger partial charge >= 0.3 is 12.1 Å². The van der Waals surface area contributed by atoms with Crippen LogP contribution in [0.1, 0.15) is 16.1 Å². The minimum Gasteiger partial charge on any atom is -0.476 e. The first-order chi connectivity index (χ1) is 9.20. The molecular weight excluding hydrogens is 361 g/mol. The number of thiazole rings is 1. The highest BCUT2D eigenvalue weighted by molar-refractivity contribution is 9.10. The van der Waals surface area contributed by atoms with Gasteiger partial charge < -0.3 is 10.8 Å². The zero-order valence-electron chi connectivity index (χ0n) is 9.53. The molecule has 2 rings (SSSR count). The third-order valence-corrected chi connectivity index (χ3v) is 3.78. The monoisotopic (exact) mass is 366 g/mol. The maximum atomic E-state index is 13.0. The van der Waals surface area contributed by atoms with Crippen LogP contribution in [0.3, 0.4) is 0 Å². The quantitative estimate of drug-likeness (QED) is 0.845. The van der Waals surface area contributed by atoms with Gasteiger partial charge in [-0.05, 0) is 12.1 Å². The number of anilines is 1. The van der Waals surface area contributed by atoms with Gasteiger partial charge in [0.2, 0.25) is 0 Å². The molecule has 3 N–H and O–H groups in total. The zero-order valence-corrected chi connectivity index (χ0v) is 11.9. The molecule has 106 valence electrons. The lowest BCUT2D eigenvalue weighted by Gasteiger charge is -2.11. The summed E-state index contributed by atoms with van der Waals surface area (Å²) >= 11 is 3.67. The number of halogens is 4. The average Bonchev–Trinajstić information content (AvgIpc) is 2.70. The summed E-state index contributed by atoms with van der Waals surface area (Å²) in [6.07, 6.45) is -4.58. The number of aromatic carboxylic acids is 1. The molecule has 4 nitrogen and oxygen atoms in total. The number of nitrogens with two attached hydrogens (primary N) is 1. The van der Waals surface area contributed by atoms with Crippen molar-refractivity contribution in [3.8, 4) is 10.6 Å². The Hall–Kier alpha value is -1.61. The lowest BCUT2D eigenvalue weighted by molar-refractivity contribution is -0.137. The summed E-state index contributed by atoms with van der Waals surface area (Å²) in [5.41, 5.74) is 3.90. The predicted molar refractivity (Wildman–Crippen MR) is 71.6 cm³/mol. The van der Waals surface area contributed by atoms with Gasteiger partial charge in [-0.1, -0.05) is 33.3 Å². The number of benzene rings is 1. The van der Waals surface area contributed by atoms with Crippen LogP contribution in [0.4, 0.5) is 18.2 Å². The number of carboxylic acids is 1. The van der Waals surface area contributed by atoms with Crippen LogP contribution < -0.4 is 5.73 Å². The summed E-state index contributed by atoms with van der Waals surface area (Å²) in [5.74, 6) is -1.38. The smallest absolute Gasteiger partial charge is 0.417 e. The Morgan fingerprint density at radius 1 is 1.40 bits per heavy atom. The van der Waals surface area contributed by atoms with Crippen LogP contribution in [0.2, 0.25) is 0 Å². The van der Waals surface area contributed by atoms with E-state index < -0.39 is 23.4 Å². The second-order valence-electron chi connectivity index (χ2n) is 3.72. The lowest BCUT2D eigenvalue weighted by atomic mass is 10.1. The van der Waals surface area contributed by atoms with E-state index in [9.17, 15) is 18.0 Å². The normalized spacial score (nSPS) is 11.6. The fourth-order valence-electron chi connectivity index (χ4n) is 1.54. The topological polar surface area (TPSA) is 76.2 Å². The van der Waals surface area contributed by atoms with E-state index in [0.717, 1.165) is 6.07 Å². The Morgan fingerprint density at radius 3 is 2.55 bits per heavy atom. The molecule has 0 amide bonds. The number of carbonyl (C=O) groups is 1. The molecular formula is C11H6BrF3N2O2S. The van der Waals surface area contributed by atoms with Crippen molar-refractivity contribution in [1.29, 1.82) is 0 Å². The van der Waals surface area contributed by atoms with Gasteiger partial charge in [0, 0.05) is 10.0 Å². The van der Waals surface area contributed by atoms with Crippen LogP contribution in [-0.2, 0) is 6.18 Å². The van der Waals surface area contributed by atoms with Gasteiger partial charge in [-0.3, -0.25) is 0 Å². The molecule has 20 heavy (non-hydrogen) atoms. The minimum absolute atomic E-state index is 0.0836. The van der Waals surface area contributed by atoms with Crippen molar-refractivity contribution in [1.82, 2.24) is 4.98 Å². The first-order valence-electron chi connectivity index (χ1n) is 5.07. The van der Waals surface area contributed by atoms with E-state index >= 15 is 0 Å². The number of aromatic nitrogens is 1. The number of hydrogen-bond acceptors (Lipinski definition) is 4. The van der Waals surface area contributed by atoms with Crippen molar-refractivity contribution in [2.75, 3.05) is 5.73 Å². The first-order valence-corrected chi connectivity index (χ1v) is 6.68. The van der Waals surface area contributed by atoms with E-state index in [1.165, 1.54) is 12.1 Å². The van der Waals surface area contributed by atoms with Gasteiger partial charge in [-0.15, -0.1) is 0 Å². The van der Waals surface area contributed by atoms with E-state index in [4.69, 9.17) is 10.8 Å². The van der Waals surface area contributed by atoms with Crippen molar-refractivity contribution in [3.63, 3.8) is 0 Å². The maximum Gasteiger partial charge on any atom is 0.417 e. The molecule has 0 atom stereocenters. The molecule has 0 spiro atoms. The predicted octanol–water partition coefficient (Wildman–Crippen LogP) is 3.87. The summed E-state index contributed by atoms with van der Waals surface area (Å²) < 4.78 is 39.2. The molecule has 9 heteroatoms. The van der Waals surface area contributed by atoms with Crippen molar-refractivity contribution >= 4 is 38.2 Å². The van der Waals surface area contributed by atoms with Crippen molar-refractivity contribution in [3.05, 3.63) is 33.9 Å².